The highest BCUT2D eigenvalue weighted by molar-refractivity contribution is 4.82. The Hall–Kier alpha value is -0.0800. The molecule has 2 atom stereocenters. The SMILES string of the molecule is CCNC(C)CC(C)N(C)C(C)(C)CC. The van der Waals surface area contributed by atoms with E-state index in [1.165, 1.54) is 12.8 Å². The van der Waals surface area contributed by atoms with Crippen molar-refractivity contribution < 1.29 is 0 Å². The zero-order valence-corrected chi connectivity index (χ0v) is 11.7. The highest BCUT2D eigenvalue weighted by atomic mass is 15.2. The first kappa shape index (κ1) is 14.9. The average Bonchev–Trinajstić information content (AvgIpc) is 2.16. The van der Waals surface area contributed by atoms with Crippen LogP contribution in [0.15, 0.2) is 0 Å². The fraction of sp³-hybridized carbons (Fsp3) is 1.00. The molecule has 0 spiro atoms. The van der Waals surface area contributed by atoms with Crippen LogP contribution in [0.2, 0.25) is 0 Å². The highest BCUT2D eigenvalue weighted by Gasteiger charge is 2.25. The van der Waals surface area contributed by atoms with Crippen molar-refractivity contribution in [1.82, 2.24) is 10.2 Å². The van der Waals surface area contributed by atoms with Crippen LogP contribution in [0.4, 0.5) is 0 Å². The summed E-state index contributed by atoms with van der Waals surface area (Å²) in [6.07, 6.45) is 2.41. The number of nitrogens with one attached hydrogen (secondary N) is 1. The molecule has 2 nitrogen and oxygen atoms in total. The van der Waals surface area contributed by atoms with Crippen molar-refractivity contribution in [2.45, 2.75) is 72.0 Å². The first-order valence-electron chi connectivity index (χ1n) is 6.31. The lowest BCUT2D eigenvalue weighted by Crippen LogP contribution is -2.47. The third-order valence-electron chi connectivity index (χ3n) is 3.73. The van der Waals surface area contributed by atoms with Crippen LogP contribution in [-0.2, 0) is 0 Å². The minimum absolute atomic E-state index is 0.311. The quantitative estimate of drug-likeness (QED) is 0.701. The summed E-state index contributed by atoms with van der Waals surface area (Å²) < 4.78 is 0. The van der Waals surface area contributed by atoms with Crippen LogP contribution in [0.1, 0.15) is 54.4 Å². The number of hydrogen-bond donors (Lipinski definition) is 1. The molecule has 0 amide bonds. The van der Waals surface area contributed by atoms with Gasteiger partial charge in [-0.05, 0) is 54.1 Å². The molecular formula is C13H30N2. The van der Waals surface area contributed by atoms with Crippen molar-refractivity contribution >= 4 is 0 Å². The highest BCUT2D eigenvalue weighted by Crippen LogP contribution is 2.21. The molecule has 1 N–H and O–H groups in total. The second kappa shape index (κ2) is 6.49. The Morgan fingerprint density at radius 2 is 1.73 bits per heavy atom. The summed E-state index contributed by atoms with van der Waals surface area (Å²) in [5, 5.41) is 3.47. The van der Waals surface area contributed by atoms with E-state index in [0.717, 1.165) is 6.54 Å². The molecular weight excluding hydrogens is 184 g/mol. The molecule has 0 rings (SSSR count). The van der Waals surface area contributed by atoms with Crippen LogP contribution in [0.5, 0.6) is 0 Å². The van der Waals surface area contributed by atoms with E-state index < -0.39 is 0 Å². The molecule has 0 aliphatic heterocycles. The molecule has 0 saturated carbocycles. The predicted molar refractivity (Wildman–Crippen MR) is 69.4 cm³/mol. The van der Waals surface area contributed by atoms with E-state index >= 15 is 0 Å². The van der Waals surface area contributed by atoms with E-state index in [0.29, 0.717) is 17.6 Å². The first-order chi connectivity index (χ1) is 6.85. The number of nitrogens with zero attached hydrogens (tertiary/aromatic N) is 1. The van der Waals surface area contributed by atoms with Gasteiger partial charge in [0.05, 0.1) is 0 Å². The Morgan fingerprint density at radius 1 is 1.20 bits per heavy atom. The van der Waals surface area contributed by atoms with Crippen LogP contribution in [0, 0.1) is 0 Å². The van der Waals surface area contributed by atoms with Gasteiger partial charge in [-0.15, -0.1) is 0 Å². The van der Waals surface area contributed by atoms with Crippen molar-refractivity contribution in [3.05, 3.63) is 0 Å². The monoisotopic (exact) mass is 214 g/mol. The molecule has 0 saturated heterocycles. The Kier molecular flexibility index (Phi) is 6.46. The predicted octanol–water partition coefficient (Wildman–Crippen LogP) is 2.88. The molecule has 92 valence electrons. The Bertz CT molecular complexity index is 166. The smallest absolute Gasteiger partial charge is 0.0150 e. The largest absolute Gasteiger partial charge is 0.314 e. The van der Waals surface area contributed by atoms with E-state index in [-0.39, 0.29) is 0 Å². The van der Waals surface area contributed by atoms with Gasteiger partial charge in [0.2, 0.25) is 0 Å². The van der Waals surface area contributed by atoms with Gasteiger partial charge < -0.3 is 5.32 Å². The lowest BCUT2D eigenvalue weighted by atomic mass is 9.96. The Morgan fingerprint density at radius 3 is 2.13 bits per heavy atom. The van der Waals surface area contributed by atoms with Crippen LogP contribution >= 0.6 is 0 Å². The molecule has 0 aliphatic carbocycles. The maximum atomic E-state index is 3.47. The van der Waals surface area contributed by atoms with Crippen LogP contribution in [0.3, 0.4) is 0 Å². The molecule has 2 unspecified atom stereocenters. The third kappa shape index (κ3) is 4.98. The summed E-state index contributed by atoms with van der Waals surface area (Å²) in [5.41, 5.74) is 0.311. The van der Waals surface area contributed by atoms with Crippen molar-refractivity contribution in [3.8, 4) is 0 Å². The van der Waals surface area contributed by atoms with Gasteiger partial charge >= 0.3 is 0 Å². The van der Waals surface area contributed by atoms with Gasteiger partial charge in [-0.3, -0.25) is 4.90 Å². The second-order valence-electron chi connectivity index (χ2n) is 5.32. The van der Waals surface area contributed by atoms with E-state index in [4.69, 9.17) is 0 Å². The summed E-state index contributed by atoms with van der Waals surface area (Å²) in [7, 11) is 2.24. The molecule has 0 aromatic rings. The summed E-state index contributed by atoms with van der Waals surface area (Å²) in [5.74, 6) is 0. The average molecular weight is 214 g/mol. The van der Waals surface area contributed by atoms with Gasteiger partial charge in [-0.1, -0.05) is 13.8 Å². The maximum Gasteiger partial charge on any atom is 0.0150 e. The van der Waals surface area contributed by atoms with E-state index in [1.807, 2.05) is 0 Å². The minimum Gasteiger partial charge on any atom is -0.314 e. The minimum atomic E-state index is 0.311. The number of hydrogen-bond acceptors (Lipinski definition) is 2. The van der Waals surface area contributed by atoms with Crippen LogP contribution in [-0.4, -0.2) is 36.1 Å². The van der Waals surface area contributed by atoms with Crippen molar-refractivity contribution in [2.75, 3.05) is 13.6 Å². The fourth-order valence-corrected chi connectivity index (χ4v) is 1.95. The van der Waals surface area contributed by atoms with E-state index in [2.05, 4.69) is 58.8 Å². The summed E-state index contributed by atoms with van der Waals surface area (Å²) in [6, 6.07) is 1.24. The van der Waals surface area contributed by atoms with Crippen molar-refractivity contribution in [3.63, 3.8) is 0 Å². The van der Waals surface area contributed by atoms with Gasteiger partial charge in [0.1, 0.15) is 0 Å². The molecule has 2 heteroatoms. The van der Waals surface area contributed by atoms with E-state index in [1.54, 1.807) is 0 Å². The first-order valence-corrected chi connectivity index (χ1v) is 6.31. The van der Waals surface area contributed by atoms with Crippen LogP contribution < -0.4 is 5.32 Å². The van der Waals surface area contributed by atoms with Gasteiger partial charge in [0.25, 0.3) is 0 Å². The standard InChI is InChI=1S/C13H30N2/c1-8-13(5,6)15(7)12(4)10-11(3)14-9-2/h11-12,14H,8-10H2,1-7H3. The van der Waals surface area contributed by atoms with Gasteiger partial charge in [-0.2, -0.15) is 0 Å². The van der Waals surface area contributed by atoms with Crippen LogP contribution in [0.25, 0.3) is 0 Å². The molecule has 15 heavy (non-hydrogen) atoms. The Labute approximate surface area is 96.4 Å². The number of rotatable bonds is 7. The lowest BCUT2D eigenvalue weighted by molar-refractivity contribution is 0.0959. The molecule has 0 bridgehead atoms. The van der Waals surface area contributed by atoms with Crippen molar-refractivity contribution in [1.29, 1.82) is 0 Å². The molecule has 0 aromatic heterocycles. The third-order valence-corrected chi connectivity index (χ3v) is 3.73. The Balaban J connectivity index is 4.14. The zero-order valence-electron chi connectivity index (χ0n) is 11.7. The zero-order chi connectivity index (χ0) is 12.1. The van der Waals surface area contributed by atoms with Gasteiger partial charge in [-0.25, -0.2) is 0 Å². The summed E-state index contributed by atoms with van der Waals surface area (Å²) in [6.45, 7) is 14.7. The lowest BCUT2D eigenvalue weighted by Gasteiger charge is -2.40. The molecule has 0 heterocycles. The topological polar surface area (TPSA) is 15.3 Å². The fourth-order valence-electron chi connectivity index (χ4n) is 1.95. The summed E-state index contributed by atoms with van der Waals surface area (Å²) >= 11 is 0. The second-order valence-corrected chi connectivity index (χ2v) is 5.32. The molecule has 0 radical (unpaired) electrons. The van der Waals surface area contributed by atoms with Crippen molar-refractivity contribution in [2.24, 2.45) is 0 Å². The van der Waals surface area contributed by atoms with E-state index in [9.17, 15) is 0 Å². The van der Waals surface area contributed by atoms with Gasteiger partial charge in [0.15, 0.2) is 0 Å². The maximum absolute atomic E-state index is 3.47. The van der Waals surface area contributed by atoms with Gasteiger partial charge in [0, 0.05) is 17.6 Å². The molecule has 0 fully saturated rings. The summed E-state index contributed by atoms with van der Waals surface area (Å²) in [4.78, 5) is 2.50. The normalized spacial score (nSPS) is 16.8. The molecule has 0 aromatic carbocycles. The molecule has 0 aliphatic rings.